The zero-order valence-electron chi connectivity index (χ0n) is 24.1. The fourth-order valence-electron chi connectivity index (χ4n) is 4.77. The van der Waals surface area contributed by atoms with Crippen LogP contribution in [-0.2, 0) is 29.4 Å². The Morgan fingerprint density at radius 1 is 0.905 bits per heavy atom. The number of carbonyl (C=O) groups excluding carboxylic acids is 1. The van der Waals surface area contributed by atoms with Crippen molar-refractivity contribution in [2.75, 3.05) is 19.9 Å². The number of Topliss-reactive ketones (excluding diaryl/α,β-unsaturated/α-hetero) is 1. The van der Waals surface area contributed by atoms with Crippen LogP contribution in [-0.4, -0.2) is 53.5 Å². The van der Waals surface area contributed by atoms with Gasteiger partial charge in [0.05, 0.1) is 24.6 Å². The fourth-order valence-corrected chi connectivity index (χ4v) is 5.62. The average molecular weight is 588 g/mol. The second-order valence-corrected chi connectivity index (χ2v) is 12.2. The van der Waals surface area contributed by atoms with Crippen molar-refractivity contribution in [3.63, 3.8) is 0 Å². The van der Waals surface area contributed by atoms with Crippen molar-refractivity contribution in [2.45, 2.75) is 45.1 Å². The maximum absolute atomic E-state index is 12.7. The van der Waals surface area contributed by atoms with E-state index in [9.17, 15) is 18.3 Å². The summed E-state index contributed by atoms with van der Waals surface area (Å²) in [5.74, 6) is 1.53. The quantitative estimate of drug-likeness (QED) is 0.137. The lowest BCUT2D eigenvalue weighted by Gasteiger charge is -2.20. The highest BCUT2D eigenvalue weighted by Crippen LogP contribution is 2.22. The third-order valence-electron chi connectivity index (χ3n) is 7.03. The number of methoxy groups -OCH3 is 1. The van der Waals surface area contributed by atoms with E-state index in [1.54, 1.807) is 36.5 Å². The number of ketones is 1. The third-order valence-corrected chi connectivity index (χ3v) is 8.28. The summed E-state index contributed by atoms with van der Waals surface area (Å²) >= 11 is 0. The van der Waals surface area contributed by atoms with Crippen LogP contribution in [0.1, 0.15) is 53.0 Å². The van der Waals surface area contributed by atoms with Gasteiger partial charge in [-0.3, -0.25) is 4.79 Å². The minimum absolute atomic E-state index is 0.0179. The van der Waals surface area contributed by atoms with Gasteiger partial charge in [-0.25, -0.2) is 18.4 Å². The molecule has 8 nitrogen and oxygen atoms in total. The van der Waals surface area contributed by atoms with E-state index in [-0.39, 0.29) is 18.1 Å². The van der Waals surface area contributed by atoms with E-state index in [4.69, 9.17) is 9.72 Å². The standard InChI is InChI=1S/C33H37N3O5S/c1-41-32-14-4-3-12-29(32)31(38)13-5-6-22-36(42(2,39)40)24-26-10-7-11-27(23-26)30-20-21-34-33(35-30)15-8-9-25-16-18-28(37)19-17-25/h3-4,7,10-12,14,16-21,23,37H,5-6,8-9,13,15,22,24H2,1-2H3. The number of rotatable bonds is 15. The van der Waals surface area contributed by atoms with Crippen molar-refractivity contribution in [1.82, 2.24) is 14.3 Å². The molecule has 0 aliphatic carbocycles. The van der Waals surface area contributed by atoms with Gasteiger partial charge in [0.1, 0.15) is 17.3 Å². The van der Waals surface area contributed by atoms with E-state index in [1.165, 1.54) is 17.7 Å². The van der Waals surface area contributed by atoms with Crippen molar-refractivity contribution in [1.29, 1.82) is 0 Å². The lowest BCUT2D eigenvalue weighted by atomic mass is 10.0. The summed E-state index contributed by atoms with van der Waals surface area (Å²) < 4.78 is 31.9. The number of aromatic hydroxyl groups is 1. The SMILES string of the molecule is COc1ccccc1C(=O)CCCCN(Cc1cccc(-c2ccnc(CCCc3ccc(O)cc3)n2)c1)S(C)(=O)=O. The highest BCUT2D eigenvalue weighted by atomic mass is 32.2. The second kappa shape index (κ2) is 14.7. The van der Waals surface area contributed by atoms with Crippen molar-refractivity contribution < 1.29 is 23.1 Å². The fraction of sp³-hybridized carbons (Fsp3) is 0.303. The Kier molecular flexibility index (Phi) is 10.8. The topological polar surface area (TPSA) is 110 Å². The highest BCUT2D eigenvalue weighted by molar-refractivity contribution is 7.88. The van der Waals surface area contributed by atoms with Crippen LogP contribution in [0.4, 0.5) is 0 Å². The van der Waals surface area contributed by atoms with Gasteiger partial charge >= 0.3 is 0 Å². The molecule has 9 heteroatoms. The molecule has 4 aromatic rings. The molecule has 3 aromatic carbocycles. The third kappa shape index (κ3) is 8.96. The van der Waals surface area contributed by atoms with Crippen LogP contribution in [0.15, 0.2) is 85.1 Å². The van der Waals surface area contributed by atoms with Crippen LogP contribution in [0.3, 0.4) is 0 Å². The molecule has 0 saturated carbocycles. The number of carbonyl (C=O) groups is 1. The van der Waals surface area contributed by atoms with Crippen molar-refractivity contribution in [3.8, 4) is 22.8 Å². The second-order valence-electron chi connectivity index (χ2n) is 10.3. The van der Waals surface area contributed by atoms with Crippen LogP contribution in [0, 0.1) is 0 Å². The van der Waals surface area contributed by atoms with Gasteiger partial charge in [-0.15, -0.1) is 0 Å². The number of ether oxygens (including phenoxy) is 1. The molecular weight excluding hydrogens is 550 g/mol. The molecule has 0 radical (unpaired) electrons. The van der Waals surface area contributed by atoms with Gasteiger partial charge in [0.25, 0.3) is 0 Å². The summed E-state index contributed by atoms with van der Waals surface area (Å²) in [6.07, 6.45) is 6.87. The Morgan fingerprint density at radius 3 is 2.45 bits per heavy atom. The van der Waals surface area contributed by atoms with Crippen molar-refractivity contribution in [2.24, 2.45) is 0 Å². The van der Waals surface area contributed by atoms with Gasteiger partial charge in [-0.05, 0) is 73.2 Å². The van der Waals surface area contributed by atoms with E-state index in [2.05, 4.69) is 4.98 Å². The number of aromatic nitrogens is 2. The first-order chi connectivity index (χ1) is 20.2. The molecule has 0 spiro atoms. The lowest BCUT2D eigenvalue weighted by Crippen LogP contribution is -2.30. The molecule has 1 aromatic heterocycles. The van der Waals surface area contributed by atoms with E-state index >= 15 is 0 Å². The Bertz CT molecular complexity index is 1590. The van der Waals surface area contributed by atoms with Gasteiger partial charge in [0, 0.05) is 37.7 Å². The summed E-state index contributed by atoms with van der Waals surface area (Å²) in [4.78, 5) is 21.8. The summed E-state index contributed by atoms with van der Waals surface area (Å²) in [5, 5.41) is 9.46. The average Bonchev–Trinajstić information content (AvgIpc) is 2.99. The number of para-hydroxylation sites is 1. The Hall–Kier alpha value is -4.08. The number of unbranched alkanes of at least 4 members (excludes halogenated alkanes) is 1. The van der Waals surface area contributed by atoms with Crippen molar-refractivity contribution in [3.05, 3.63) is 108 Å². The normalized spacial score (nSPS) is 11.5. The molecule has 0 bridgehead atoms. The molecule has 220 valence electrons. The Labute approximate surface area is 248 Å². The summed E-state index contributed by atoms with van der Waals surface area (Å²) in [6, 6.07) is 23.9. The Balaban J connectivity index is 1.34. The predicted molar refractivity (Wildman–Crippen MR) is 164 cm³/mol. The van der Waals surface area contributed by atoms with Crippen LogP contribution < -0.4 is 4.74 Å². The molecule has 0 atom stereocenters. The summed E-state index contributed by atoms with van der Waals surface area (Å²) in [5.41, 5.74) is 4.23. The molecule has 0 unspecified atom stereocenters. The van der Waals surface area contributed by atoms with E-state index in [0.717, 1.165) is 47.5 Å². The number of hydrogen-bond acceptors (Lipinski definition) is 7. The molecule has 4 rings (SSSR count). The maximum atomic E-state index is 12.7. The molecule has 42 heavy (non-hydrogen) atoms. The Morgan fingerprint density at radius 2 is 1.69 bits per heavy atom. The van der Waals surface area contributed by atoms with Gasteiger partial charge in [-0.2, -0.15) is 4.31 Å². The highest BCUT2D eigenvalue weighted by Gasteiger charge is 2.18. The number of nitrogens with zero attached hydrogens (tertiary/aromatic N) is 3. The summed E-state index contributed by atoms with van der Waals surface area (Å²) in [7, 11) is -1.92. The number of benzene rings is 3. The smallest absolute Gasteiger partial charge is 0.211 e. The molecule has 0 amide bonds. The minimum Gasteiger partial charge on any atom is -0.508 e. The first-order valence-electron chi connectivity index (χ1n) is 14.0. The van der Waals surface area contributed by atoms with E-state index < -0.39 is 10.0 Å². The number of phenolic OH excluding ortho intramolecular Hbond substituents is 1. The predicted octanol–water partition coefficient (Wildman–Crippen LogP) is 5.85. The van der Waals surface area contributed by atoms with Crippen LogP contribution >= 0.6 is 0 Å². The summed E-state index contributed by atoms with van der Waals surface area (Å²) in [6.45, 7) is 0.554. The molecule has 0 aliphatic rings. The monoisotopic (exact) mass is 587 g/mol. The lowest BCUT2D eigenvalue weighted by molar-refractivity contribution is 0.0976. The first-order valence-corrected chi connectivity index (χ1v) is 15.9. The number of sulfonamides is 1. The molecular formula is C33H37N3O5S. The van der Waals surface area contributed by atoms with Gasteiger partial charge in [-0.1, -0.05) is 42.5 Å². The van der Waals surface area contributed by atoms with Gasteiger partial charge in [0.2, 0.25) is 10.0 Å². The zero-order valence-corrected chi connectivity index (χ0v) is 24.9. The van der Waals surface area contributed by atoms with E-state index in [0.29, 0.717) is 37.1 Å². The molecule has 1 heterocycles. The van der Waals surface area contributed by atoms with E-state index in [1.807, 2.05) is 48.5 Å². The van der Waals surface area contributed by atoms with Crippen LogP contribution in [0.5, 0.6) is 11.5 Å². The van der Waals surface area contributed by atoms with Gasteiger partial charge in [0.15, 0.2) is 5.78 Å². The number of hydrogen-bond donors (Lipinski definition) is 1. The largest absolute Gasteiger partial charge is 0.508 e. The minimum atomic E-state index is -3.46. The number of phenols is 1. The molecule has 0 fully saturated rings. The molecule has 0 aliphatic heterocycles. The zero-order chi connectivity index (χ0) is 30.0. The molecule has 1 N–H and O–H groups in total. The maximum Gasteiger partial charge on any atom is 0.211 e. The van der Waals surface area contributed by atoms with Gasteiger partial charge < -0.3 is 9.84 Å². The van der Waals surface area contributed by atoms with Crippen molar-refractivity contribution >= 4 is 15.8 Å². The van der Waals surface area contributed by atoms with Crippen LogP contribution in [0.2, 0.25) is 0 Å². The number of aryl methyl sites for hydroxylation is 2. The molecule has 0 saturated heterocycles. The first kappa shape index (κ1) is 30.9. The van der Waals surface area contributed by atoms with Crippen LogP contribution in [0.25, 0.3) is 11.3 Å².